The van der Waals surface area contributed by atoms with Gasteiger partial charge < -0.3 is 10.2 Å². The highest BCUT2D eigenvalue weighted by atomic mass is 16.2. The molecule has 0 aromatic carbocycles. The maximum Gasteiger partial charge on any atom is 0.226 e. The number of amides is 1. The van der Waals surface area contributed by atoms with Crippen molar-refractivity contribution in [1.29, 1.82) is 0 Å². The van der Waals surface area contributed by atoms with Crippen molar-refractivity contribution in [2.75, 3.05) is 26.2 Å². The highest BCUT2D eigenvalue weighted by molar-refractivity contribution is 5.82. The maximum atomic E-state index is 12.5. The van der Waals surface area contributed by atoms with Gasteiger partial charge in [0, 0.05) is 19.0 Å². The van der Waals surface area contributed by atoms with E-state index in [1.807, 2.05) is 0 Å². The number of hydrogen-bond donors (Lipinski definition) is 1. The van der Waals surface area contributed by atoms with E-state index < -0.39 is 0 Å². The Kier molecular flexibility index (Phi) is 2.26. The van der Waals surface area contributed by atoms with Gasteiger partial charge in [-0.3, -0.25) is 4.79 Å². The Morgan fingerprint density at radius 1 is 1.06 bits per heavy atom. The largest absolute Gasteiger partial charge is 0.342 e. The number of likely N-dealkylation sites (tertiary alicyclic amines) is 1. The summed E-state index contributed by atoms with van der Waals surface area (Å²) in [5.41, 5.74) is 0. The summed E-state index contributed by atoms with van der Waals surface area (Å²) in [4.78, 5) is 14.7. The van der Waals surface area contributed by atoms with Crippen LogP contribution in [0.25, 0.3) is 0 Å². The topological polar surface area (TPSA) is 32.3 Å². The number of piperidine rings is 1. The highest BCUT2D eigenvalue weighted by Crippen LogP contribution is 2.58. The fourth-order valence-corrected chi connectivity index (χ4v) is 4.63. The molecule has 4 rings (SSSR count). The molecule has 1 N–H and O–H groups in total. The molecule has 0 bridgehead atoms. The summed E-state index contributed by atoms with van der Waals surface area (Å²) in [5.74, 6) is 4.09. The van der Waals surface area contributed by atoms with Crippen LogP contribution in [0.4, 0.5) is 0 Å². The second-order valence-corrected chi connectivity index (χ2v) is 6.54. The second kappa shape index (κ2) is 3.71. The zero-order valence-electron chi connectivity index (χ0n) is 10.4. The number of carbonyl (C=O) groups excluding carboxylic acids is 1. The van der Waals surface area contributed by atoms with E-state index in [0.29, 0.717) is 11.8 Å². The molecule has 4 aliphatic rings. The Balaban J connectivity index is 1.41. The van der Waals surface area contributed by atoms with Gasteiger partial charge >= 0.3 is 0 Å². The van der Waals surface area contributed by atoms with Gasteiger partial charge in [-0.05, 0) is 56.0 Å². The smallest absolute Gasteiger partial charge is 0.226 e. The van der Waals surface area contributed by atoms with Crippen LogP contribution in [0.1, 0.15) is 25.7 Å². The monoisotopic (exact) mass is 234 g/mol. The van der Waals surface area contributed by atoms with Gasteiger partial charge in [0.2, 0.25) is 5.91 Å². The van der Waals surface area contributed by atoms with Crippen LogP contribution in [0.5, 0.6) is 0 Å². The SMILES string of the molecule is O=C(C1C2CCCC21)N1CCC2CNCC2C1. The average Bonchev–Trinajstić information content (AvgIpc) is 2.75. The molecular weight excluding hydrogens is 212 g/mol. The van der Waals surface area contributed by atoms with Gasteiger partial charge in [-0.25, -0.2) is 0 Å². The molecule has 0 radical (unpaired) electrons. The van der Waals surface area contributed by atoms with E-state index in [1.165, 1.54) is 32.2 Å². The van der Waals surface area contributed by atoms with Crippen molar-refractivity contribution >= 4 is 5.91 Å². The molecule has 2 saturated carbocycles. The third-order valence-corrected chi connectivity index (χ3v) is 5.71. The molecule has 1 amide bonds. The molecule has 2 saturated heterocycles. The zero-order chi connectivity index (χ0) is 11.4. The van der Waals surface area contributed by atoms with Crippen molar-refractivity contribution in [3.05, 3.63) is 0 Å². The van der Waals surface area contributed by atoms with Crippen LogP contribution in [-0.2, 0) is 4.79 Å². The van der Waals surface area contributed by atoms with Gasteiger partial charge in [0.1, 0.15) is 0 Å². The first-order chi connectivity index (χ1) is 8.34. The molecule has 4 atom stereocenters. The molecule has 94 valence electrons. The van der Waals surface area contributed by atoms with E-state index in [2.05, 4.69) is 10.2 Å². The van der Waals surface area contributed by atoms with Crippen molar-refractivity contribution in [3.63, 3.8) is 0 Å². The molecule has 2 aliphatic carbocycles. The molecule has 17 heavy (non-hydrogen) atoms. The molecule has 2 aliphatic heterocycles. The quantitative estimate of drug-likeness (QED) is 0.737. The summed E-state index contributed by atoms with van der Waals surface area (Å²) in [5, 5.41) is 3.47. The number of hydrogen-bond acceptors (Lipinski definition) is 2. The van der Waals surface area contributed by atoms with E-state index in [1.54, 1.807) is 0 Å². The predicted molar refractivity (Wildman–Crippen MR) is 65.4 cm³/mol. The Labute approximate surface area is 103 Å². The number of rotatable bonds is 1. The number of nitrogens with one attached hydrogen (secondary N) is 1. The Bertz CT molecular complexity index is 333. The molecule has 0 aromatic rings. The van der Waals surface area contributed by atoms with Gasteiger partial charge in [0.25, 0.3) is 0 Å². The van der Waals surface area contributed by atoms with E-state index in [4.69, 9.17) is 0 Å². The third-order valence-electron chi connectivity index (χ3n) is 5.71. The van der Waals surface area contributed by atoms with Crippen LogP contribution in [0.2, 0.25) is 0 Å². The number of nitrogens with zero attached hydrogens (tertiary/aromatic N) is 1. The molecular formula is C14H22N2O. The Morgan fingerprint density at radius 2 is 1.82 bits per heavy atom. The minimum atomic E-state index is 0.440. The summed E-state index contributed by atoms with van der Waals surface area (Å²) in [6.07, 6.45) is 5.24. The van der Waals surface area contributed by atoms with Crippen LogP contribution in [0, 0.1) is 29.6 Å². The van der Waals surface area contributed by atoms with Gasteiger partial charge in [-0.1, -0.05) is 6.42 Å². The van der Waals surface area contributed by atoms with E-state index in [-0.39, 0.29) is 0 Å². The van der Waals surface area contributed by atoms with Crippen LogP contribution in [-0.4, -0.2) is 37.0 Å². The first-order valence-electron chi connectivity index (χ1n) is 7.34. The average molecular weight is 234 g/mol. The van der Waals surface area contributed by atoms with Gasteiger partial charge in [0.05, 0.1) is 0 Å². The predicted octanol–water partition coefficient (Wildman–Crippen LogP) is 1.10. The van der Waals surface area contributed by atoms with E-state index in [0.717, 1.165) is 43.3 Å². The van der Waals surface area contributed by atoms with Crippen molar-refractivity contribution in [2.24, 2.45) is 29.6 Å². The normalized spacial score (nSPS) is 47.8. The van der Waals surface area contributed by atoms with E-state index >= 15 is 0 Å². The fraction of sp³-hybridized carbons (Fsp3) is 0.929. The van der Waals surface area contributed by atoms with Crippen LogP contribution in [0.15, 0.2) is 0 Å². The summed E-state index contributed by atoms with van der Waals surface area (Å²) < 4.78 is 0. The van der Waals surface area contributed by atoms with E-state index in [9.17, 15) is 4.79 Å². The number of fused-ring (bicyclic) bond motifs is 2. The fourth-order valence-electron chi connectivity index (χ4n) is 4.63. The maximum absolute atomic E-state index is 12.5. The van der Waals surface area contributed by atoms with Crippen LogP contribution >= 0.6 is 0 Å². The van der Waals surface area contributed by atoms with Crippen LogP contribution < -0.4 is 5.32 Å². The minimum Gasteiger partial charge on any atom is -0.342 e. The molecule has 0 spiro atoms. The third kappa shape index (κ3) is 1.55. The van der Waals surface area contributed by atoms with Crippen molar-refractivity contribution in [2.45, 2.75) is 25.7 Å². The molecule has 4 fully saturated rings. The van der Waals surface area contributed by atoms with Crippen molar-refractivity contribution in [1.82, 2.24) is 10.2 Å². The summed E-state index contributed by atoms with van der Waals surface area (Å²) in [6, 6.07) is 0. The first-order valence-corrected chi connectivity index (χ1v) is 7.34. The second-order valence-electron chi connectivity index (χ2n) is 6.54. The first kappa shape index (κ1) is 10.4. The molecule has 2 heterocycles. The van der Waals surface area contributed by atoms with Gasteiger partial charge in [0.15, 0.2) is 0 Å². The molecule has 0 aromatic heterocycles. The van der Waals surface area contributed by atoms with Crippen molar-refractivity contribution < 1.29 is 4.79 Å². The number of carbonyl (C=O) groups is 1. The Morgan fingerprint density at radius 3 is 2.65 bits per heavy atom. The lowest BCUT2D eigenvalue weighted by Gasteiger charge is -2.35. The molecule has 3 nitrogen and oxygen atoms in total. The standard InChI is InChI=1S/C14H22N2O/c17-14(13-11-2-1-3-12(11)13)16-5-4-9-6-15-7-10(9)8-16/h9-13,15H,1-8H2. The molecule has 3 heteroatoms. The summed E-state index contributed by atoms with van der Waals surface area (Å²) in [6.45, 7) is 4.37. The van der Waals surface area contributed by atoms with Crippen LogP contribution in [0.3, 0.4) is 0 Å². The Hall–Kier alpha value is -0.570. The molecule has 4 unspecified atom stereocenters. The lowest BCUT2D eigenvalue weighted by Crippen LogP contribution is -2.44. The lowest BCUT2D eigenvalue weighted by molar-refractivity contribution is -0.135. The van der Waals surface area contributed by atoms with Crippen molar-refractivity contribution in [3.8, 4) is 0 Å². The van der Waals surface area contributed by atoms with Gasteiger partial charge in [-0.15, -0.1) is 0 Å². The van der Waals surface area contributed by atoms with Gasteiger partial charge in [-0.2, -0.15) is 0 Å². The summed E-state index contributed by atoms with van der Waals surface area (Å²) >= 11 is 0. The zero-order valence-corrected chi connectivity index (χ0v) is 10.4. The summed E-state index contributed by atoms with van der Waals surface area (Å²) in [7, 11) is 0. The highest BCUT2D eigenvalue weighted by Gasteiger charge is 2.57. The minimum absolute atomic E-state index is 0.440. The lowest BCUT2D eigenvalue weighted by atomic mass is 9.88.